The van der Waals surface area contributed by atoms with Crippen molar-refractivity contribution >= 4 is 10.8 Å². The Balaban J connectivity index is 1.63. The number of hydrogen-bond acceptors (Lipinski definition) is 1. The summed E-state index contributed by atoms with van der Waals surface area (Å²) in [6, 6.07) is 25.0. The average Bonchev–Trinajstić information content (AvgIpc) is 2.90. The highest BCUT2D eigenvalue weighted by atomic mass is 14.7. The van der Waals surface area contributed by atoms with Crippen LogP contribution in [-0.4, -0.2) is 4.98 Å². The molecule has 0 atom stereocenters. The Morgan fingerprint density at radius 2 is 1.37 bits per heavy atom. The Labute approximate surface area is 211 Å². The molecule has 0 radical (unpaired) electrons. The van der Waals surface area contributed by atoms with E-state index in [-0.39, 0.29) is 16.2 Å². The molecule has 5 rings (SSSR count). The van der Waals surface area contributed by atoms with Gasteiger partial charge in [0, 0.05) is 11.8 Å². The topological polar surface area (TPSA) is 12.9 Å². The van der Waals surface area contributed by atoms with Gasteiger partial charge in [0.1, 0.15) is 0 Å². The first-order chi connectivity index (χ1) is 16.5. The third-order valence-electron chi connectivity index (χ3n) is 8.14. The van der Waals surface area contributed by atoms with Gasteiger partial charge in [0.25, 0.3) is 0 Å². The molecule has 0 amide bonds. The first-order valence-corrected chi connectivity index (χ1v) is 13.1. The third-order valence-corrected chi connectivity index (χ3v) is 8.14. The third kappa shape index (κ3) is 4.42. The van der Waals surface area contributed by atoms with Gasteiger partial charge in [0.15, 0.2) is 0 Å². The zero-order chi connectivity index (χ0) is 25.0. The summed E-state index contributed by atoms with van der Waals surface area (Å²) in [5.41, 5.74) is 9.61. The summed E-state index contributed by atoms with van der Waals surface area (Å²) in [4.78, 5) is 4.82. The van der Waals surface area contributed by atoms with Gasteiger partial charge in [0.2, 0.25) is 0 Å². The monoisotopic (exact) mass is 461 g/mol. The summed E-state index contributed by atoms with van der Waals surface area (Å²) in [6.07, 6.45) is 5.74. The Hall–Kier alpha value is -2.93. The molecule has 1 aliphatic rings. The van der Waals surface area contributed by atoms with Crippen molar-refractivity contribution in [3.63, 3.8) is 0 Å². The minimum Gasteiger partial charge on any atom is -0.256 e. The second-order valence-corrected chi connectivity index (χ2v) is 12.8. The summed E-state index contributed by atoms with van der Waals surface area (Å²) >= 11 is 0. The summed E-state index contributed by atoms with van der Waals surface area (Å²) in [5, 5.41) is 2.60. The van der Waals surface area contributed by atoms with Crippen LogP contribution in [0, 0.1) is 0 Å². The summed E-state index contributed by atoms with van der Waals surface area (Å²) in [5.74, 6) is 0. The van der Waals surface area contributed by atoms with Gasteiger partial charge < -0.3 is 0 Å². The molecular formula is C34H39N. The molecule has 0 spiro atoms. The Morgan fingerprint density at radius 3 is 2.11 bits per heavy atom. The van der Waals surface area contributed by atoms with E-state index in [2.05, 4.69) is 115 Å². The lowest BCUT2D eigenvalue weighted by molar-refractivity contribution is 0.433. The van der Waals surface area contributed by atoms with Crippen molar-refractivity contribution in [1.29, 1.82) is 0 Å². The summed E-state index contributed by atoms with van der Waals surface area (Å²) in [7, 11) is 0. The quantitative estimate of drug-likeness (QED) is 0.271. The lowest BCUT2D eigenvalue weighted by Gasteiger charge is -2.30. The highest BCUT2D eigenvalue weighted by molar-refractivity contribution is 5.91. The zero-order valence-electron chi connectivity index (χ0n) is 22.5. The van der Waals surface area contributed by atoms with Gasteiger partial charge in [-0.25, -0.2) is 0 Å². The molecule has 1 aliphatic carbocycles. The molecular weight excluding hydrogens is 422 g/mol. The van der Waals surface area contributed by atoms with Crippen LogP contribution in [0.5, 0.6) is 0 Å². The molecule has 0 saturated carbocycles. The maximum Gasteiger partial charge on any atom is 0.0708 e. The molecule has 0 saturated heterocycles. The lowest BCUT2D eigenvalue weighted by atomic mass is 9.74. The molecule has 0 unspecified atom stereocenters. The number of pyridine rings is 1. The molecule has 4 aromatic rings. The van der Waals surface area contributed by atoms with Crippen molar-refractivity contribution in [2.24, 2.45) is 0 Å². The van der Waals surface area contributed by atoms with Crippen molar-refractivity contribution in [1.82, 2.24) is 4.98 Å². The van der Waals surface area contributed by atoms with Gasteiger partial charge in [0.05, 0.1) is 5.69 Å². The van der Waals surface area contributed by atoms with Crippen molar-refractivity contribution in [3.05, 3.63) is 89.6 Å². The van der Waals surface area contributed by atoms with E-state index in [0.717, 1.165) is 5.69 Å². The number of hydrogen-bond donors (Lipinski definition) is 0. The normalized spacial score (nSPS) is 17.1. The first-order valence-electron chi connectivity index (χ1n) is 13.1. The number of nitrogens with zero attached hydrogens (tertiary/aromatic N) is 1. The van der Waals surface area contributed by atoms with Gasteiger partial charge in [-0.1, -0.05) is 97.4 Å². The van der Waals surface area contributed by atoms with Crippen LogP contribution in [-0.2, 0) is 16.2 Å². The fourth-order valence-corrected chi connectivity index (χ4v) is 5.96. The largest absolute Gasteiger partial charge is 0.256 e. The standard InChI is InChI=1S/C34H39N/c1-32(2,3)29-21-26(19-25-11-8-9-12-27(25)29)31-22-24(15-18-35-31)23-13-14-28-30(20-23)34(6,7)17-10-16-33(28,4)5/h8-9,11-15,18-22H,10,16-17H2,1-7H3. The van der Waals surface area contributed by atoms with E-state index in [1.165, 1.54) is 63.4 Å². The molecule has 1 aromatic heterocycles. The summed E-state index contributed by atoms with van der Waals surface area (Å²) < 4.78 is 0. The first kappa shape index (κ1) is 23.8. The molecule has 3 aromatic carbocycles. The number of aromatic nitrogens is 1. The molecule has 0 fully saturated rings. The fourth-order valence-electron chi connectivity index (χ4n) is 5.96. The van der Waals surface area contributed by atoms with Crippen LogP contribution < -0.4 is 0 Å². The Bertz CT molecular complexity index is 1400. The van der Waals surface area contributed by atoms with E-state index in [9.17, 15) is 0 Å². The van der Waals surface area contributed by atoms with Gasteiger partial charge in [-0.15, -0.1) is 0 Å². The smallest absolute Gasteiger partial charge is 0.0708 e. The number of rotatable bonds is 2. The fraction of sp³-hybridized carbons (Fsp3) is 0.382. The SMILES string of the molecule is CC(C)(C)c1cc(-c2cc(-c3ccc4c(c3)C(C)(C)CCCC4(C)C)ccn2)cc2ccccc12. The van der Waals surface area contributed by atoms with E-state index < -0.39 is 0 Å². The van der Waals surface area contributed by atoms with Crippen LogP contribution in [0.1, 0.15) is 84.4 Å². The number of benzene rings is 3. The molecule has 180 valence electrons. The van der Waals surface area contributed by atoms with E-state index >= 15 is 0 Å². The molecule has 35 heavy (non-hydrogen) atoms. The minimum atomic E-state index is 0.0581. The van der Waals surface area contributed by atoms with E-state index in [0.29, 0.717) is 0 Å². The predicted molar refractivity (Wildman–Crippen MR) is 151 cm³/mol. The van der Waals surface area contributed by atoms with E-state index in [4.69, 9.17) is 4.98 Å². The van der Waals surface area contributed by atoms with Crippen LogP contribution in [0.3, 0.4) is 0 Å². The molecule has 1 nitrogen and oxygen atoms in total. The molecule has 1 heteroatoms. The van der Waals surface area contributed by atoms with Gasteiger partial charge >= 0.3 is 0 Å². The van der Waals surface area contributed by atoms with Gasteiger partial charge in [-0.3, -0.25) is 4.98 Å². The van der Waals surface area contributed by atoms with Crippen LogP contribution in [0.4, 0.5) is 0 Å². The summed E-state index contributed by atoms with van der Waals surface area (Å²) in [6.45, 7) is 16.5. The van der Waals surface area contributed by atoms with Crippen LogP contribution in [0.15, 0.2) is 72.9 Å². The van der Waals surface area contributed by atoms with Crippen molar-refractivity contribution in [3.8, 4) is 22.4 Å². The van der Waals surface area contributed by atoms with Crippen molar-refractivity contribution < 1.29 is 0 Å². The maximum absolute atomic E-state index is 4.82. The lowest BCUT2D eigenvalue weighted by Crippen LogP contribution is -2.21. The van der Waals surface area contributed by atoms with Crippen molar-refractivity contribution in [2.45, 2.75) is 84.0 Å². The minimum absolute atomic E-state index is 0.0581. The highest BCUT2D eigenvalue weighted by Crippen LogP contribution is 2.45. The van der Waals surface area contributed by atoms with Crippen LogP contribution in [0.25, 0.3) is 33.2 Å². The molecule has 0 N–H and O–H groups in total. The second-order valence-electron chi connectivity index (χ2n) is 12.8. The maximum atomic E-state index is 4.82. The van der Waals surface area contributed by atoms with Gasteiger partial charge in [-0.05, 0) is 91.9 Å². The van der Waals surface area contributed by atoms with Crippen molar-refractivity contribution in [2.75, 3.05) is 0 Å². The second kappa shape index (κ2) is 8.33. The molecule has 0 aliphatic heterocycles. The molecule has 1 heterocycles. The average molecular weight is 462 g/mol. The Morgan fingerprint density at radius 1 is 0.686 bits per heavy atom. The van der Waals surface area contributed by atoms with Gasteiger partial charge in [-0.2, -0.15) is 0 Å². The molecule has 0 bridgehead atoms. The Kier molecular flexibility index (Phi) is 5.66. The number of fused-ring (bicyclic) bond motifs is 2. The zero-order valence-corrected chi connectivity index (χ0v) is 22.5. The highest BCUT2D eigenvalue weighted by Gasteiger charge is 2.34. The van der Waals surface area contributed by atoms with Crippen LogP contribution in [0.2, 0.25) is 0 Å². The van der Waals surface area contributed by atoms with E-state index in [1.54, 1.807) is 0 Å². The van der Waals surface area contributed by atoms with E-state index in [1.807, 2.05) is 6.20 Å². The predicted octanol–water partition coefficient (Wildman–Crippen LogP) is 9.61. The van der Waals surface area contributed by atoms with Crippen LogP contribution >= 0.6 is 0 Å².